The van der Waals surface area contributed by atoms with E-state index < -0.39 is 23.8 Å². The summed E-state index contributed by atoms with van der Waals surface area (Å²) in [5, 5.41) is 11.3. The van der Waals surface area contributed by atoms with E-state index in [1.807, 2.05) is 0 Å². The lowest BCUT2D eigenvalue weighted by Gasteiger charge is -2.15. The molecule has 0 unspecified atom stereocenters. The lowest BCUT2D eigenvalue weighted by Crippen LogP contribution is -2.41. The van der Waals surface area contributed by atoms with Crippen molar-refractivity contribution in [3.8, 4) is 5.75 Å². The standard InChI is InChI=1S/C13H17N3O5/c1-21-7-2-3-8(9(14)6-7)12(18)16-10(13(19)20)4-5-11(15)17/h2-3,6,10H,4-5,14H2,1H3,(H2,15,17)(H,16,18)(H,19,20)/t10-/m0/s1. The van der Waals surface area contributed by atoms with Crippen LogP contribution in [0.15, 0.2) is 18.2 Å². The normalized spacial score (nSPS) is 11.5. The highest BCUT2D eigenvalue weighted by Gasteiger charge is 2.22. The van der Waals surface area contributed by atoms with Crippen LogP contribution in [0.25, 0.3) is 0 Å². The Hall–Kier alpha value is -2.77. The molecule has 0 spiro atoms. The summed E-state index contributed by atoms with van der Waals surface area (Å²) in [4.78, 5) is 33.7. The predicted octanol–water partition coefficient (Wildman–Crippen LogP) is -0.274. The molecule has 0 aliphatic heterocycles. The zero-order chi connectivity index (χ0) is 16.0. The van der Waals surface area contributed by atoms with Crippen LogP contribution in [0.1, 0.15) is 23.2 Å². The number of anilines is 1. The summed E-state index contributed by atoms with van der Waals surface area (Å²) in [5.74, 6) is -2.06. The van der Waals surface area contributed by atoms with Crippen LogP contribution in [0.2, 0.25) is 0 Å². The molecule has 1 aromatic rings. The highest BCUT2D eigenvalue weighted by Crippen LogP contribution is 2.19. The van der Waals surface area contributed by atoms with Crippen molar-refractivity contribution in [2.75, 3.05) is 12.8 Å². The maximum atomic E-state index is 12.0. The molecule has 2 amide bonds. The van der Waals surface area contributed by atoms with Crippen molar-refractivity contribution >= 4 is 23.5 Å². The molecule has 1 atom stereocenters. The van der Waals surface area contributed by atoms with Crippen molar-refractivity contribution in [3.05, 3.63) is 23.8 Å². The number of methoxy groups -OCH3 is 1. The first-order valence-corrected chi connectivity index (χ1v) is 6.10. The lowest BCUT2D eigenvalue weighted by molar-refractivity contribution is -0.139. The number of nitrogen functional groups attached to an aromatic ring is 1. The predicted molar refractivity (Wildman–Crippen MR) is 74.7 cm³/mol. The van der Waals surface area contributed by atoms with Crippen molar-refractivity contribution in [2.24, 2.45) is 5.73 Å². The molecule has 0 aliphatic rings. The maximum absolute atomic E-state index is 12.0. The van der Waals surface area contributed by atoms with Crippen LogP contribution in [-0.2, 0) is 9.59 Å². The van der Waals surface area contributed by atoms with Crippen molar-refractivity contribution in [3.63, 3.8) is 0 Å². The van der Waals surface area contributed by atoms with E-state index in [9.17, 15) is 14.4 Å². The quantitative estimate of drug-likeness (QED) is 0.509. The fourth-order valence-electron chi connectivity index (χ4n) is 1.65. The number of nitrogens with two attached hydrogens (primary N) is 2. The molecular weight excluding hydrogens is 278 g/mol. The van der Waals surface area contributed by atoms with Gasteiger partial charge >= 0.3 is 5.97 Å². The molecule has 0 aromatic heterocycles. The second-order valence-electron chi connectivity index (χ2n) is 4.32. The van der Waals surface area contributed by atoms with Gasteiger partial charge in [-0.05, 0) is 18.6 Å². The number of rotatable bonds is 7. The number of carbonyl (C=O) groups is 3. The first-order valence-electron chi connectivity index (χ1n) is 6.10. The van der Waals surface area contributed by atoms with Crippen LogP contribution >= 0.6 is 0 Å². The molecule has 8 heteroatoms. The Kier molecular flexibility index (Phi) is 5.53. The van der Waals surface area contributed by atoms with E-state index in [4.69, 9.17) is 21.3 Å². The van der Waals surface area contributed by atoms with Gasteiger partial charge in [0.2, 0.25) is 5.91 Å². The topological polar surface area (TPSA) is 145 Å². The summed E-state index contributed by atoms with van der Waals surface area (Å²) in [6, 6.07) is 3.20. The number of ether oxygens (including phenoxy) is 1. The Labute approximate surface area is 121 Å². The Bertz CT molecular complexity index is 559. The number of carboxylic acid groups (broad SMARTS) is 1. The second kappa shape index (κ2) is 7.13. The van der Waals surface area contributed by atoms with Gasteiger partial charge in [0.15, 0.2) is 0 Å². The van der Waals surface area contributed by atoms with Crippen LogP contribution in [0.5, 0.6) is 5.75 Å². The number of aliphatic carboxylic acids is 1. The van der Waals surface area contributed by atoms with Crippen molar-refractivity contribution in [2.45, 2.75) is 18.9 Å². The number of primary amides is 1. The molecule has 1 aromatic carbocycles. The number of hydrogen-bond donors (Lipinski definition) is 4. The van der Waals surface area contributed by atoms with Gasteiger partial charge in [0.05, 0.1) is 12.7 Å². The van der Waals surface area contributed by atoms with Crippen molar-refractivity contribution in [1.29, 1.82) is 0 Å². The molecule has 0 saturated heterocycles. The van der Waals surface area contributed by atoms with E-state index in [-0.39, 0.29) is 24.1 Å². The third-order valence-electron chi connectivity index (χ3n) is 2.79. The third kappa shape index (κ3) is 4.68. The summed E-state index contributed by atoms with van der Waals surface area (Å²) in [5.41, 5.74) is 11.0. The number of carbonyl (C=O) groups excluding carboxylic acids is 2. The molecule has 6 N–H and O–H groups in total. The molecule has 0 bridgehead atoms. The van der Waals surface area contributed by atoms with Crippen LogP contribution in [0.3, 0.4) is 0 Å². The fourth-order valence-corrected chi connectivity index (χ4v) is 1.65. The van der Waals surface area contributed by atoms with Gasteiger partial charge in [-0.25, -0.2) is 4.79 Å². The average Bonchev–Trinajstić information content (AvgIpc) is 2.42. The summed E-state index contributed by atoms with van der Waals surface area (Å²) in [7, 11) is 1.46. The SMILES string of the molecule is COc1ccc(C(=O)N[C@@H](CCC(N)=O)C(=O)O)c(N)c1. The molecule has 0 radical (unpaired) electrons. The van der Waals surface area contributed by atoms with Crippen LogP contribution in [0.4, 0.5) is 5.69 Å². The highest BCUT2D eigenvalue weighted by molar-refractivity contribution is 6.01. The molecule has 0 fully saturated rings. The van der Waals surface area contributed by atoms with Gasteiger partial charge < -0.3 is 26.6 Å². The van der Waals surface area contributed by atoms with Crippen LogP contribution < -0.4 is 21.5 Å². The minimum atomic E-state index is -1.25. The van der Waals surface area contributed by atoms with Gasteiger partial charge in [0.1, 0.15) is 11.8 Å². The van der Waals surface area contributed by atoms with Crippen molar-refractivity contribution in [1.82, 2.24) is 5.32 Å². The molecule has 114 valence electrons. The Morgan fingerprint density at radius 2 is 2.05 bits per heavy atom. The maximum Gasteiger partial charge on any atom is 0.326 e. The van der Waals surface area contributed by atoms with E-state index in [2.05, 4.69) is 5.32 Å². The minimum absolute atomic E-state index is 0.0908. The van der Waals surface area contributed by atoms with Gasteiger partial charge in [-0.3, -0.25) is 9.59 Å². The van der Waals surface area contributed by atoms with E-state index in [0.717, 1.165) is 0 Å². The Morgan fingerprint density at radius 3 is 2.52 bits per heavy atom. The number of hydrogen-bond acceptors (Lipinski definition) is 5. The average molecular weight is 295 g/mol. The Balaban J connectivity index is 2.82. The number of amides is 2. The Morgan fingerprint density at radius 1 is 1.38 bits per heavy atom. The smallest absolute Gasteiger partial charge is 0.326 e. The van der Waals surface area contributed by atoms with Crippen molar-refractivity contribution < 1.29 is 24.2 Å². The molecular formula is C13H17N3O5. The van der Waals surface area contributed by atoms with E-state index in [1.54, 1.807) is 0 Å². The minimum Gasteiger partial charge on any atom is -0.497 e. The highest BCUT2D eigenvalue weighted by atomic mass is 16.5. The summed E-state index contributed by atoms with van der Waals surface area (Å²) >= 11 is 0. The molecule has 0 saturated carbocycles. The van der Waals surface area contributed by atoms with E-state index in [1.165, 1.54) is 25.3 Å². The van der Waals surface area contributed by atoms with E-state index in [0.29, 0.717) is 5.75 Å². The number of carboxylic acids is 1. The van der Waals surface area contributed by atoms with E-state index >= 15 is 0 Å². The zero-order valence-corrected chi connectivity index (χ0v) is 11.5. The molecule has 1 rings (SSSR count). The first kappa shape index (κ1) is 16.3. The fraction of sp³-hybridized carbons (Fsp3) is 0.308. The summed E-state index contributed by atoms with van der Waals surface area (Å²) in [6.45, 7) is 0. The molecule has 0 aliphatic carbocycles. The summed E-state index contributed by atoms with van der Waals surface area (Å²) in [6.07, 6.45) is -0.234. The second-order valence-corrected chi connectivity index (χ2v) is 4.32. The van der Waals surface area contributed by atoms with Crippen LogP contribution in [0, 0.1) is 0 Å². The third-order valence-corrected chi connectivity index (χ3v) is 2.79. The monoisotopic (exact) mass is 295 g/mol. The van der Waals surface area contributed by atoms with Gasteiger partial charge in [-0.1, -0.05) is 0 Å². The van der Waals surface area contributed by atoms with Gasteiger partial charge in [0, 0.05) is 18.2 Å². The zero-order valence-electron chi connectivity index (χ0n) is 11.5. The van der Waals surface area contributed by atoms with Gasteiger partial charge in [-0.15, -0.1) is 0 Å². The van der Waals surface area contributed by atoms with Gasteiger partial charge in [0.25, 0.3) is 5.91 Å². The lowest BCUT2D eigenvalue weighted by atomic mass is 10.1. The molecule has 0 heterocycles. The summed E-state index contributed by atoms with van der Waals surface area (Å²) < 4.78 is 4.96. The molecule has 21 heavy (non-hydrogen) atoms. The largest absolute Gasteiger partial charge is 0.497 e. The molecule has 8 nitrogen and oxygen atoms in total. The first-order chi connectivity index (χ1) is 9.85. The number of benzene rings is 1. The van der Waals surface area contributed by atoms with Gasteiger partial charge in [-0.2, -0.15) is 0 Å². The van der Waals surface area contributed by atoms with Crippen LogP contribution in [-0.4, -0.2) is 36.0 Å². The number of nitrogens with one attached hydrogen (secondary N) is 1.